The van der Waals surface area contributed by atoms with Crippen LogP contribution in [0.25, 0.3) is 0 Å². The quantitative estimate of drug-likeness (QED) is 0.415. The number of rotatable bonds is 6. The fourth-order valence-electron chi connectivity index (χ4n) is 3.27. The Hall–Kier alpha value is -3.26. The molecule has 0 unspecified atom stereocenters. The van der Waals surface area contributed by atoms with Gasteiger partial charge in [-0.05, 0) is 38.0 Å². The highest BCUT2D eigenvalue weighted by Gasteiger charge is 2.33. The molecule has 29 heavy (non-hydrogen) atoms. The van der Waals surface area contributed by atoms with E-state index in [0.717, 1.165) is 6.08 Å². The molecular formula is C21H23NO7. The van der Waals surface area contributed by atoms with Crippen LogP contribution in [0.5, 0.6) is 5.75 Å². The maximum absolute atomic E-state index is 13.0. The molecular weight excluding hydrogens is 378 g/mol. The van der Waals surface area contributed by atoms with E-state index in [-0.39, 0.29) is 33.5 Å². The number of aliphatic hydroxyl groups is 1. The Balaban J connectivity index is 2.55. The lowest BCUT2D eigenvalue weighted by Crippen LogP contribution is -2.30. The summed E-state index contributed by atoms with van der Waals surface area (Å²) in [5.41, 5.74) is 5.02. The fraction of sp³-hybridized carbons (Fsp3) is 0.333. The molecule has 0 radical (unpaired) electrons. The summed E-state index contributed by atoms with van der Waals surface area (Å²) in [6, 6.07) is 1.31. The third-order valence-corrected chi connectivity index (χ3v) is 5.07. The molecule has 0 aromatic heterocycles. The van der Waals surface area contributed by atoms with Crippen molar-refractivity contribution in [3.63, 3.8) is 0 Å². The molecule has 0 heterocycles. The number of carbonyl (C=O) groups excluding carboxylic acids is 3. The minimum absolute atomic E-state index is 0.0611. The predicted octanol–water partition coefficient (Wildman–Crippen LogP) is 1.77. The molecule has 0 fully saturated rings. The van der Waals surface area contributed by atoms with E-state index in [1.54, 1.807) is 6.92 Å². The topological polar surface area (TPSA) is 155 Å². The van der Waals surface area contributed by atoms with Crippen molar-refractivity contribution in [3.8, 4) is 5.75 Å². The van der Waals surface area contributed by atoms with Crippen molar-refractivity contribution < 1.29 is 34.5 Å². The second-order valence-corrected chi connectivity index (χ2v) is 7.29. The van der Waals surface area contributed by atoms with Gasteiger partial charge in [-0.15, -0.1) is 0 Å². The molecule has 2 rings (SSSR count). The van der Waals surface area contributed by atoms with Gasteiger partial charge in [0.1, 0.15) is 5.75 Å². The summed E-state index contributed by atoms with van der Waals surface area (Å²) in [5.74, 6) is -5.35. The lowest BCUT2D eigenvalue weighted by atomic mass is 9.83. The molecule has 8 heteroatoms. The number of benzene rings is 1. The fourth-order valence-corrected chi connectivity index (χ4v) is 3.27. The molecule has 0 amide bonds. The highest BCUT2D eigenvalue weighted by Crippen LogP contribution is 2.34. The van der Waals surface area contributed by atoms with Crippen molar-refractivity contribution in [1.29, 1.82) is 0 Å². The van der Waals surface area contributed by atoms with Crippen molar-refractivity contribution in [2.75, 3.05) is 0 Å². The Morgan fingerprint density at radius 2 is 1.79 bits per heavy atom. The molecule has 3 atom stereocenters. The highest BCUT2D eigenvalue weighted by atomic mass is 16.4. The van der Waals surface area contributed by atoms with Crippen molar-refractivity contribution in [1.82, 2.24) is 0 Å². The van der Waals surface area contributed by atoms with Gasteiger partial charge in [-0.2, -0.15) is 0 Å². The van der Waals surface area contributed by atoms with Crippen LogP contribution in [0.2, 0.25) is 0 Å². The van der Waals surface area contributed by atoms with Crippen LogP contribution in [0.15, 0.2) is 29.5 Å². The number of aryl methyl sites for hydroxylation is 1. The first kappa shape index (κ1) is 22.0. The summed E-state index contributed by atoms with van der Waals surface area (Å²) < 4.78 is 0. The van der Waals surface area contributed by atoms with Crippen LogP contribution in [-0.4, -0.2) is 44.7 Å². The maximum atomic E-state index is 13.0. The maximum Gasteiger partial charge on any atom is 0.308 e. The molecule has 1 aliphatic carbocycles. The number of phenols is 1. The van der Waals surface area contributed by atoms with E-state index >= 15 is 0 Å². The molecule has 0 spiro atoms. The predicted molar refractivity (Wildman–Crippen MR) is 104 cm³/mol. The molecule has 1 aromatic carbocycles. The number of aliphatic carboxylic acids is 1. The summed E-state index contributed by atoms with van der Waals surface area (Å²) in [6.07, 6.45) is 1.04. The van der Waals surface area contributed by atoms with Crippen LogP contribution >= 0.6 is 0 Å². The number of phenolic OH excluding ortho intramolecular Hbond substituents is 1. The van der Waals surface area contributed by atoms with Crippen LogP contribution < -0.4 is 5.73 Å². The smallest absolute Gasteiger partial charge is 0.308 e. The van der Waals surface area contributed by atoms with Gasteiger partial charge in [0.2, 0.25) is 5.78 Å². The standard InChI is InChI=1S/C21H23NO7/c1-8(17(24)11(4)21(28)29)5-9(2)18(25)16-15-12(6-10(3)19(16)26)20(27)13(22)7-14(15)23/h5-8,11,17,24,26H,22H2,1-4H3,(H,28,29)/b9-5+/t8-,11-,17+/m1/s1. The second kappa shape index (κ2) is 8.00. The van der Waals surface area contributed by atoms with Crippen molar-refractivity contribution in [2.24, 2.45) is 17.6 Å². The summed E-state index contributed by atoms with van der Waals surface area (Å²) in [4.78, 5) is 48.9. The van der Waals surface area contributed by atoms with E-state index in [1.807, 2.05) is 0 Å². The van der Waals surface area contributed by atoms with Gasteiger partial charge in [0.25, 0.3) is 0 Å². The number of carbonyl (C=O) groups is 4. The van der Waals surface area contributed by atoms with Gasteiger partial charge in [0, 0.05) is 23.1 Å². The third kappa shape index (κ3) is 3.97. The van der Waals surface area contributed by atoms with Gasteiger partial charge in [-0.25, -0.2) is 0 Å². The van der Waals surface area contributed by atoms with Gasteiger partial charge in [0.15, 0.2) is 11.6 Å². The lowest BCUT2D eigenvalue weighted by molar-refractivity contribution is -0.145. The Morgan fingerprint density at radius 1 is 1.21 bits per heavy atom. The summed E-state index contributed by atoms with van der Waals surface area (Å²) in [5, 5.41) is 29.6. The van der Waals surface area contributed by atoms with Gasteiger partial charge < -0.3 is 21.1 Å². The summed E-state index contributed by atoms with van der Waals surface area (Å²) >= 11 is 0. The average Bonchev–Trinajstić information content (AvgIpc) is 2.65. The number of carboxylic acid groups (broad SMARTS) is 1. The van der Waals surface area contributed by atoms with E-state index in [9.17, 15) is 29.4 Å². The molecule has 0 saturated carbocycles. The average molecular weight is 401 g/mol. The molecule has 5 N–H and O–H groups in total. The first-order chi connectivity index (χ1) is 13.4. The van der Waals surface area contributed by atoms with Gasteiger partial charge in [-0.1, -0.05) is 13.0 Å². The number of Topliss-reactive ketones (excluding diaryl/α,β-unsaturated/α-hetero) is 2. The van der Waals surface area contributed by atoms with E-state index in [0.29, 0.717) is 0 Å². The van der Waals surface area contributed by atoms with Crippen LogP contribution in [0.1, 0.15) is 57.4 Å². The van der Waals surface area contributed by atoms with E-state index in [4.69, 9.17) is 10.8 Å². The van der Waals surface area contributed by atoms with Crippen LogP contribution in [0.4, 0.5) is 0 Å². The molecule has 8 nitrogen and oxygen atoms in total. The van der Waals surface area contributed by atoms with E-state index < -0.39 is 47.0 Å². The van der Waals surface area contributed by atoms with E-state index in [1.165, 1.54) is 32.9 Å². The Morgan fingerprint density at radius 3 is 2.34 bits per heavy atom. The molecule has 154 valence electrons. The number of hydrogen-bond donors (Lipinski definition) is 4. The zero-order chi connectivity index (χ0) is 22.2. The zero-order valence-electron chi connectivity index (χ0n) is 16.5. The van der Waals surface area contributed by atoms with E-state index in [2.05, 4.69) is 0 Å². The monoisotopic (exact) mass is 401 g/mol. The number of ketones is 3. The van der Waals surface area contributed by atoms with Crippen molar-refractivity contribution in [2.45, 2.75) is 33.8 Å². The van der Waals surface area contributed by atoms with Crippen LogP contribution in [0, 0.1) is 18.8 Å². The number of hydrogen-bond acceptors (Lipinski definition) is 7. The Kier molecular flexibility index (Phi) is 6.08. The SMILES string of the molecule is C/C(=C\[C@@H](C)[C@H](O)[C@@H](C)C(=O)O)C(=O)c1c(O)c(C)cc2c1C(=O)C=C(N)C2=O. The highest BCUT2D eigenvalue weighted by molar-refractivity contribution is 6.29. The number of aromatic hydroxyl groups is 1. The molecule has 1 aliphatic rings. The summed E-state index contributed by atoms with van der Waals surface area (Å²) in [6.45, 7) is 5.80. The number of nitrogens with two attached hydrogens (primary N) is 1. The first-order valence-electron chi connectivity index (χ1n) is 8.95. The van der Waals surface area contributed by atoms with Gasteiger partial charge >= 0.3 is 5.97 Å². The lowest BCUT2D eigenvalue weighted by Gasteiger charge is -2.21. The second-order valence-electron chi connectivity index (χ2n) is 7.29. The molecule has 0 bridgehead atoms. The van der Waals surface area contributed by atoms with Crippen molar-refractivity contribution >= 4 is 23.3 Å². The zero-order valence-corrected chi connectivity index (χ0v) is 16.5. The summed E-state index contributed by atoms with van der Waals surface area (Å²) in [7, 11) is 0. The molecule has 0 aliphatic heterocycles. The number of aliphatic hydroxyl groups excluding tert-OH is 1. The largest absolute Gasteiger partial charge is 0.507 e. The minimum Gasteiger partial charge on any atom is -0.507 e. The Labute approximate surface area is 167 Å². The number of fused-ring (bicyclic) bond motifs is 1. The normalized spacial score (nSPS) is 17.3. The van der Waals surface area contributed by atoms with Crippen LogP contribution in [-0.2, 0) is 4.79 Å². The van der Waals surface area contributed by atoms with Gasteiger partial charge in [0.05, 0.1) is 23.3 Å². The first-order valence-corrected chi connectivity index (χ1v) is 8.95. The van der Waals surface area contributed by atoms with Crippen LogP contribution in [0.3, 0.4) is 0 Å². The minimum atomic E-state index is -1.25. The number of carboxylic acids is 1. The van der Waals surface area contributed by atoms with Gasteiger partial charge in [-0.3, -0.25) is 19.2 Å². The Bertz CT molecular complexity index is 987. The number of allylic oxidation sites excluding steroid dienone is 3. The third-order valence-electron chi connectivity index (χ3n) is 5.07. The molecule has 1 aromatic rings. The molecule has 0 saturated heterocycles. The van der Waals surface area contributed by atoms with Crippen molar-refractivity contribution in [3.05, 3.63) is 51.7 Å².